The van der Waals surface area contributed by atoms with E-state index in [1.807, 2.05) is 6.92 Å². The van der Waals surface area contributed by atoms with E-state index in [0.717, 1.165) is 12.8 Å². The highest BCUT2D eigenvalue weighted by molar-refractivity contribution is 6.55. The van der Waals surface area contributed by atoms with Crippen LogP contribution in [-0.4, -0.2) is 49.8 Å². The van der Waals surface area contributed by atoms with Crippen molar-refractivity contribution in [3.05, 3.63) is 32.7 Å². The summed E-state index contributed by atoms with van der Waals surface area (Å²) < 4.78 is 22.2. The molecule has 7 nitrogen and oxygen atoms in total. The predicted octanol–water partition coefficient (Wildman–Crippen LogP) is 6.99. The van der Waals surface area contributed by atoms with Gasteiger partial charge in [-0.05, 0) is 53.5 Å². The Labute approximate surface area is 221 Å². The van der Waals surface area contributed by atoms with Crippen molar-refractivity contribution >= 4 is 58.1 Å². The van der Waals surface area contributed by atoms with Gasteiger partial charge in [-0.25, -0.2) is 4.79 Å². The first kappa shape index (κ1) is 30.7. The van der Waals surface area contributed by atoms with Crippen LogP contribution in [0.15, 0.2) is 27.9 Å². The average Bonchev–Trinajstić information content (AvgIpc) is 2.69. The van der Waals surface area contributed by atoms with Crippen molar-refractivity contribution in [3.8, 4) is 11.5 Å². The van der Waals surface area contributed by atoms with Crippen LogP contribution in [-0.2, 0) is 19.1 Å². The van der Waals surface area contributed by atoms with Crippen molar-refractivity contribution in [2.75, 3.05) is 26.4 Å². The van der Waals surface area contributed by atoms with E-state index >= 15 is 0 Å². The van der Waals surface area contributed by atoms with Gasteiger partial charge in [0.1, 0.15) is 22.4 Å². The minimum atomic E-state index is -0.561. The summed E-state index contributed by atoms with van der Waals surface area (Å²) in [5.74, 6) is 0.385. The number of carbonyl (C=O) groups excluding carboxylic acids is 1. The summed E-state index contributed by atoms with van der Waals surface area (Å²) >= 11 is 23.7. The van der Waals surface area contributed by atoms with Crippen LogP contribution in [0.25, 0.3) is 0 Å². The molecule has 192 valence electrons. The summed E-state index contributed by atoms with van der Waals surface area (Å²) in [7, 11) is 0. The van der Waals surface area contributed by atoms with Crippen LogP contribution in [0.2, 0.25) is 10.0 Å². The van der Waals surface area contributed by atoms with E-state index in [1.54, 1.807) is 39.8 Å². The zero-order chi connectivity index (χ0) is 25.7. The van der Waals surface area contributed by atoms with Crippen molar-refractivity contribution in [2.24, 2.45) is 5.16 Å². The van der Waals surface area contributed by atoms with Gasteiger partial charge < -0.3 is 23.8 Å². The lowest BCUT2D eigenvalue weighted by atomic mass is 10.2. The Balaban J connectivity index is 2.32. The Kier molecular flexibility index (Phi) is 14.0. The molecule has 1 aromatic carbocycles. The lowest BCUT2D eigenvalue weighted by molar-refractivity contribution is -0.160. The molecule has 1 atom stereocenters. The number of nitrogens with zero attached hydrogens (tertiary/aromatic N) is 1. The first-order valence-corrected chi connectivity index (χ1v) is 12.1. The number of rotatable bonds is 14. The van der Waals surface area contributed by atoms with Crippen LogP contribution in [0.5, 0.6) is 11.5 Å². The highest BCUT2D eigenvalue weighted by atomic mass is 35.5. The lowest BCUT2D eigenvalue weighted by Crippen LogP contribution is -2.26. The molecule has 0 aliphatic rings. The largest absolute Gasteiger partial charge is 0.489 e. The molecule has 0 saturated heterocycles. The number of hydrogen-bond donors (Lipinski definition) is 0. The van der Waals surface area contributed by atoms with Crippen LogP contribution in [0.3, 0.4) is 0 Å². The fourth-order valence-electron chi connectivity index (χ4n) is 2.48. The molecule has 1 unspecified atom stereocenters. The third-order valence-electron chi connectivity index (χ3n) is 3.81. The molecule has 0 radical (unpaired) electrons. The Morgan fingerprint density at radius 3 is 2.38 bits per heavy atom. The van der Waals surface area contributed by atoms with Gasteiger partial charge in [0.2, 0.25) is 6.61 Å². The molecule has 1 aromatic rings. The first-order valence-electron chi connectivity index (χ1n) is 10.6. The van der Waals surface area contributed by atoms with Crippen LogP contribution in [0.4, 0.5) is 0 Å². The molecule has 0 bridgehead atoms. The fourth-order valence-corrected chi connectivity index (χ4v) is 3.16. The van der Waals surface area contributed by atoms with Crippen molar-refractivity contribution in [2.45, 2.75) is 59.2 Å². The molecule has 0 saturated carbocycles. The standard InChI is InChI=1S/C23H31Cl4NO6/c1-15(28-32-14-21(29)34-23(3,4)5)13-30-9-6-7-16(2)33-22-18(24)11-17(12-19(22)25)31-10-8-20(26)27/h8,11-12,16H,6-7,9-10,13-14H2,1-5H3. The summed E-state index contributed by atoms with van der Waals surface area (Å²) in [5.41, 5.74) is 0.0483. The monoisotopic (exact) mass is 557 g/mol. The highest BCUT2D eigenvalue weighted by Gasteiger charge is 2.16. The Bertz CT molecular complexity index is 827. The van der Waals surface area contributed by atoms with E-state index in [9.17, 15) is 4.79 Å². The highest BCUT2D eigenvalue weighted by Crippen LogP contribution is 2.37. The zero-order valence-electron chi connectivity index (χ0n) is 20.0. The number of ether oxygens (including phenoxy) is 4. The third kappa shape index (κ3) is 14.1. The molecule has 0 aliphatic carbocycles. The zero-order valence-corrected chi connectivity index (χ0v) is 23.0. The quantitative estimate of drug-likeness (QED) is 0.106. The smallest absolute Gasteiger partial charge is 0.347 e. The molecule has 34 heavy (non-hydrogen) atoms. The second kappa shape index (κ2) is 15.6. The van der Waals surface area contributed by atoms with Crippen molar-refractivity contribution in [1.82, 2.24) is 0 Å². The van der Waals surface area contributed by atoms with E-state index in [1.165, 1.54) is 6.08 Å². The Morgan fingerprint density at radius 2 is 1.79 bits per heavy atom. The number of oxime groups is 1. The van der Waals surface area contributed by atoms with Gasteiger partial charge in [-0.15, -0.1) is 0 Å². The van der Waals surface area contributed by atoms with Gasteiger partial charge in [0.15, 0.2) is 5.75 Å². The summed E-state index contributed by atoms with van der Waals surface area (Å²) in [6.45, 7) is 9.74. The topological polar surface area (TPSA) is 75.6 Å². The average molecular weight is 559 g/mol. The van der Waals surface area contributed by atoms with Crippen molar-refractivity contribution in [3.63, 3.8) is 0 Å². The van der Waals surface area contributed by atoms with E-state index in [2.05, 4.69) is 5.16 Å². The van der Waals surface area contributed by atoms with E-state index in [4.69, 9.17) is 70.2 Å². The Morgan fingerprint density at radius 1 is 1.15 bits per heavy atom. The number of benzene rings is 1. The number of carbonyl (C=O) groups is 1. The van der Waals surface area contributed by atoms with Gasteiger partial charge in [-0.1, -0.05) is 51.6 Å². The summed E-state index contributed by atoms with van der Waals surface area (Å²) in [6.07, 6.45) is 2.82. The van der Waals surface area contributed by atoms with E-state index in [0.29, 0.717) is 33.9 Å². The van der Waals surface area contributed by atoms with Crippen molar-refractivity contribution < 1.29 is 28.6 Å². The lowest BCUT2D eigenvalue weighted by Gasteiger charge is -2.18. The minimum Gasteiger partial charge on any atom is -0.489 e. The molecular weight excluding hydrogens is 528 g/mol. The molecular formula is C23H31Cl4NO6. The van der Waals surface area contributed by atoms with Gasteiger partial charge in [0.05, 0.1) is 28.5 Å². The molecule has 1 rings (SSSR count). The van der Waals surface area contributed by atoms with Gasteiger partial charge in [-0.3, -0.25) is 0 Å². The van der Waals surface area contributed by atoms with Gasteiger partial charge in [-0.2, -0.15) is 0 Å². The van der Waals surface area contributed by atoms with Crippen LogP contribution in [0, 0.1) is 0 Å². The molecule has 0 spiro atoms. The van der Waals surface area contributed by atoms with Crippen LogP contribution < -0.4 is 9.47 Å². The third-order valence-corrected chi connectivity index (χ3v) is 4.68. The summed E-state index contributed by atoms with van der Waals surface area (Å²) in [5, 5.41) is 4.52. The molecule has 0 N–H and O–H groups in total. The van der Waals surface area contributed by atoms with Crippen molar-refractivity contribution in [1.29, 1.82) is 0 Å². The maximum atomic E-state index is 11.6. The SMILES string of the molecule is CC(COCCCC(C)Oc1c(Cl)cc(OCC=C(Cl)Cl)cc1Cl)=NOCC(=O)OC(C)(C)C. The second-order valence-electron chi connectivity index (χ2n) is 8.33. The maximum absolute atomic E-state index is 11.6. The Hall–Kier alpha value is -1.38. The minimum absolute atomic E-state index is 0.115. The molecule has 0 aliphatic heterocycles. The normalized spacial score (nSPS) is 12.7. The number of hydrogen-bond acceptors (Lipinski definition) is 7. The van der Waals surface area contributed by atoms with Crippen LogP contribution >= 0.6 is 46.4 Å². The van der Waals surface area contributed by atoms with Gasteiger partial charge in [0.25, 0.3) is 0 Å². The predicted molar refractivity (Wildman–Crippen MR) is 137 cm³/mol. The molecule has 11 heteroatoms. The number of halogens is 4. The second-order valence-corrected chi connectivity index (χ2v) is 10.2. The summed E-state index contributed by atoms with van der Waals surface area (Å²) in [4.78, 5) is 16.6. The molecule has 0 amide bonds. The molecule has 0 heterocycles. The van der Waals surface area contributed by atoms with E-state index < -0.39 is 11.6 Å². The fraction of sp³-hybridized carbons (Fsp3) is 0.565. The molecule has 0 aromatic heterocycles. The van der Waals surface area contributed by atoms with Gasteiger partial charge in [0, 0.05) is 18.7 Å². The maximum Gasteiger partial charge on any atom is 0.347 e. The van der Waals surface area contributed by atoms with Crippen LogP contribution in [0.1, 0.15) is 47.5 Å². The molecule has 0 fully saturated rings. The first-order chi connectivity index (χ1) is 15.9. The summed E-state index contributed by atoms with van der Waals surface area (Å²) in [6, 6.07) is 3.23. The number of esters is 1. The van der Waals surface area contributed by atoms with E-state index in [-0.39, 0.29) is 30.4 Å². The van der Waals surface area contributed by atoms with Gasteiger partial charge >= 0.3 is 5.97 Å².